The van der Waals surface area contributed by atoms with Gasteiger partial charge in [0.1, 0.15) is 0 Å². The molecule has 1 fully saturated rings. The van der Waals surface area contributed by atoms with Gasteiger partial charge in [-0.1, -0.05) is 0 Å². The number of ether oxygens (including phenoxy) is 1. The number of rotatable bonds is 1. The average molecular weight is 214 g/mol. The third-order valence-electron chi connectivity index (χ3n) is 2.30. The molecular formula is C9H14N2O2S. The Morgan fingerprint density at radius 3 is 3.29 bits per heavy atom. The van der Waals surface area contributed by atoms with Gasteiger partial charge in [-0.3, -0.25) is 0 Å². The third kappa shape index (κ3) is 1.99. The van der Waals surface area contributed by atoms with Crippen molar-refractivity contribution in [3.63, 3.8) is 0 Å². The fraction of sp³-hybridized carbons (Fsp3) is 0.667. The lowest BCUT2D eigenvalue weighted by atomic mass is 10.3. The number of hydrogen-bond acceptors (Lipinski definition) is 5. The van der Waals surface area contributed by atoms with Gasteiger partial charge in [0.2, 0.25) is 5.88 Å². The molecule has 0 radical (unpaired) electrons. The maximum Gasteiger partial charge on any atom is 0.223 e. The highest BCUT2D eigenvalue weighted by molar-refractivity contribution is 7.13. The van der Waals surface area contributed by atoms with Gasteiger partial charge >= 0.3 is 0 Å². The number of thiazole rings is 1. The van der Waals surface area contributed by atoms with Crippen molar-refractivity contribution in [1.82, 2.24) is 4.98 Å². The van der Waals surface area contributed by atoms with Crippen molar-refractivity contribution in [2.45, 2.75) is 19.4 Å². The Morgan fingerprint density at radius 2 is 2.57 bits per heavy atom. The zero-order chi connectivity index (χ0) is 9.97. The molecule has 0 bridgehead atoms. The van der Waals surface area contributed by atoms with Crippen LogP contribution in [0.1, 0.15) is 13.3 Å². The molecule has 2 rings (SSSR count). The van der Waals surface area contributed by atoms with Gasteiger partial charge in [-0.2, -0.15) is 4.98 Å². The number of hydrogen-bond donors (Lipinski definition) is 1. The highest BCUT2D eigenvalue weighted by Crippen LogP contribution is 2.26. The van der Waals surface area contributed by atoms with E-state index in [0.29, 0.717) is 6.04 Å². The number of aromatic hydroxyl groups is 1. The van der Waals surface area contributed by atoms with Crippen LogP contribution in [0.3, 0.4) is 0 Å². The summed E-state index contributed by atoms with van der Waals surface area (Å²) in [7, 11) is 0. The number of nitrogens with zero attached hydrogens (tertiary/aromatic N) is 2. The van der Waals surface area contributed by atoms with Crippen molar-refractivity contribution >= 4 is 16.5 Å². The maximum atomic E-state index is 9.18. The van der Waals surface area contributed by atoms with Crippen LogP contribution in [-0.4, -0.2) is 35.9 Å². The summed E-state index contributed by atoms with van der Waals surface area (Å²) in [5.74, 6) is 0.113. The van der Waals surface area contributed by atoms with Crippen LogP contribution in [0, 0.1) is 0 Å². The minimum absolute atomic E-state index is 0.113. The van der Waals surface area contributed by atoms with Crippen LogP contribution in [0.4, 0.5) is 5.13 Å². The minimum Gasteiger partial charge on any atom is -0.493 e. The minimum atomic E-state index is 0.113. The van der Waals surface area contributed by atoms with Crippen LogP contribution < -0.4 is 4.90 Å². The molecule has 0 saturated carbocycles. The molecule has 1 saturated heterocycles. The Labute approximate surface area is 87.1 Å². The lowest BCUT2D eigenvalue weighted by Gasteiger charge is -2.25. The summed E-state index contributed by atoms with van der Waals surface area (Å²) in [4.78, 5) is 6.26. The van der Waals surface area contributed by atoms with E-state index < -0.39 is 0 Å². The van der Waals surface area contributed by atoms with Gasteiger partial charge < -0.3 is 14.7 Å². The fourth-order valence-electron chi connectivity index (χ4n) is 1.57. The predicted octanol–water partition coefficient (Wildman–Crippen LogP) is 1.46. The summed E-state index contributed by atoms with van der Waals surface area (Å²) in [6.45, 7) is 4.62. The average Bonchev–Trinajstić information content (AvgIpc) is 2.46. The molecule has 78 valence electrons. The van der Waals surface area contributed by atoms with Crippen molar-refractivity contribution in [3.05, 3.63) is 5.38 Å². The largest absolute Gasteiger partial charge is 0.493 e. The van der Waals surface area contributed by atoms with Crippen molar-refractivity contribution < 1.29 is 9.84 Å². The normalized spacial score (nSPS) is 23.5. The van der Waals surface area contributed by atoms with Gasteiger partial charge in [-0.05, 0) is 13.3 Å². The first-order valence-corrected chi connectivity index (χ1v) is 5.64. The zero-order valence-electron chi connectivity index (χ0n) is 8.14. The molecule has 1 aromatic heterocycles. The van der Waals surface area contributed by atoms with E-state index in [2.05, 4.69) is 16.8 Å². The SMILES string of the molecule is CC1COCCCN1c1nc(O)cs1. The van der Waals surface area contributed by atoms with Crippen molar-refractivity contribution in [2.24, 2.45) is 0 Å². The summed E-state index contributed by atoms with van der Waals surface area (Å²) < 4.78 is 5.44. The molecule has 14 heavy (non-hydrogen) atoms. The van der Waals surface area contributed by atoms with Gasteiger partial charge in [0.05, 0.1) is 18.0 Å². The molecule has 0 aliphatic carbocycles. The van der Waals surface area contributed by atoms with E-state index in [4.69, 9.17) is 4.74 Å². The van der Waals surface area contributed by atoms with E-state index >= 15 is 0 Å². The van der Waals surface area contributed by atoms with Crippen molar-refractivity contribution in [2.75, 3.05) is 24.7 Å². The molecule has 0 amide bonds. The lowest BCUT2D eigenvalue weighted by molar-refractivity contribution is 0.137. The molecule has 1 N–H and O–H groups in total. The van der Waals surface area contributed by atoms with Crippen LogP contribution in [0.25, 0.3) is 0 Å². The standard InChI is InChI=1S/C9H14N2O2S/c1-7-5-13-4-2-3-11(7)9-10-8(12)6-14-9/h6-7,12H,2-5H2,1H3. The predicted molar refractivity (Wildman–Crippen MR) is 56.0 cm³/mol. The van der Waals surface area contributed by atoms with E-state index in [0.717, 1.165) is 31.3 Å². The highest BCUT2D eigenvalue weighted by Gasteiger charge is 2.20. The van der Waals surface area contributed by atoms with E-state index in [1.54, 1.807) is 5.38 Å². The number of aromatic nitrogens is 1. The van der Waals surface area contributed by atoms with Crippen molar-refractivity contribution in [3.8, 4) is 5.88 Å². The molecule has 5 heteroatoms. The lowest BCUT2D eigenvalue weighted by Crippen LogP contribution is -2.34. The Bertz CT molecular complexity index is 303. The van der Waals surface area contributed by atoms with E-state index in [-0.39, 0.29) is 5.88 Å². The van der Waals surface area contributed by atoms with Crippen LogP contribution in [0.15, 0.2) is 5.38 Å². The molecule has 1 aromatic rings. The van der Waals surface area contributed by atoms with Crippen LogP contribution in [-0.2, 0) is 4.74 Å². The second-order valence-corrected chi connectivity index (χ2v) is 4.30. The van der Waals surface area contributed by atoms with Crippen LogP contribution in [0.5, 0.6) is 5.88 Å². The third-order valence-corrected chi connectivity index (χ3v) is 3.17. The van der Waals surface area contributed by atoms with Gasteiger partial charge in [0.25, 0.3) is 0 Å². The maximum absolute atomic E-state index is 9.18. The Hall–Kier alpha value is -0.810. The molecule has 0 spiro atoms. The second-order valence-electron chi connectivity index (χ2n) is 3.46. The summed E-state index contributed by atoms with van der Waals surface area (Å²) in [6.07, 6.45) is 1.02. The van der Waals surface area contributed by atoms with E-state index in [9.17, 15) is 5.11 Å². The summed E-state index contributed by atoms with van der Waals surface area (Å²) in [5.41, 5.74) is 0. The van der Waals surface area contributed by atoms with Gasteiger partial charge in [-0.15, -0.1) is 11.3 Å². The monoisotopic (exact) mass is 214 g/mol. The molecule has 2 heterocycles. The van der Waals surface area contributed by atoms with Crippen LogP contribution in [0.2, 0.25) is 0 Å². The summed E-state index contributed by atoms with van der Waals surface area (Å²) >= 11 is 1.48. The topological polar surface area (TPSA) is 45.6 Å². The Balaban J connectivity index is 2.14. The zero-order valence-corrected chi connectivity index (χ0v) is 8.96. The molecule has 0 aromatic carbocycles. The van der Waals surface area contributed by atoms with Gasteiger partial charge in [0, 0.05) is 13.2 Å². The Morgan fingerprint density at radius 1 is 1.71 bits per heavy atom. The fourth-order valence-corrected chi connectivity index (χ4v) is 2.39. The van der Waals surface area contributed by atoms with Crippen LogP contribution >= 0.6 is 11.3 Å². The first kappa shape index (κ1) is 9.73. The Kier molecular flexibility index (Phi) is 2.88. The molecule has 4 nitrogen and oxygen atoms in total. The first-order valence-electron chi connectivity index (χ1n) is 4.76. The molecule has 1 unspecified atom stereocenters. The smallest absolute Gasteiger partial charge is 0.223 e. The highest BCUT2D eigenvalue weighted by atomic mass is 32.1. The summed E-state index contributed by atoms with van der Waals surface area (Å²) in [5, 5.41) is 11.7. The first-order chi connectivity index (χ1) is 6.77. The van der Waals surface area contributed by atoms with Crippen molar-refractivity contribution in [1.29, 1.82) is 0 Å². The van der Waals surface area contributed by atoms with E-state index in [1.165, 1.54) is 11.3 Å². The molecule has 1 aliphatic heterocycles. The molecular weight excluding hydrogens is 200 g/mol. The molecule has 1 aliphatic rings. The summed E-state index contributed by atoms with van der Waals surface area (Å²) in [6, 6.07) is 0.336. The number of anilines is 1. The quantitative estimate of drug-likeness (QED) is 0.769. The van der Waals surface area contributed by atoms with Gasteiger partial charge in [0.15, 0.2) is 5.13 Å². The van der Waals surface area contributed by atoms with Gasteiger partial charge in [-0.25, -0.2) is 0 Å². The second kappa shape index (κ2) is 4.14. The molecule has 1 atom stereocenters. The van der Waals surface area contributed by atoms with E-state index in [1.807, 2.05) is 0 Å².